The van der Waals surface area contributed by atoms with Gasteiger partial charge in [0.2, 0.25) is 0 Å². The van der Waals surface area contributed by atoms with Gasteiger partial charge in [-0.05, 0) is 54.8 Å². The molecular formula is C19H21Cl3N2O. The first-order valence-corrected chi connectivity index (χ1v) is 8.79. The van der Waals surface area contributed by atoms with Crippen LogP contribution < -0.4 is 10.6 Å². The standard InChI is InChI=1S/C19H20Cl2N2O.ClH/c1-22-17-9-7-12(11-6-8-15(20)16(21)10-11)13-4-3-5-14(18(13)17)19(24)23-2;/h3-6,8,10,12,17,22H,7,9H2,1-2H3,(H,23,24);1H/t12-,17-;/m0./s1. The fourth-order valence-corrected chi connectivity index (χ4v) is 3.91. The summed E-state index contributed by atoms with van der Waals surface area (Å²) < 4.78 is 0. The molecule has 0 spiro atoms. The van der Waals surface area contributed by atoms with Gasteiger partial charge in [-0.15, -0.1) is 12.4 Å². The van der Waals surface area contributed by atoms with E-state index in [2.05, 4.69) is 16.7 Å². The van der Waals surface area contributed by atoms with E-state index in [1.165, 1.54) is 5.56 Å². The van der Waals surface area contributed by atoms with Crippen LogP contribution in [-0.4, -0.2) is 20.0 Å². The van der Waals surface area contributed by atoms with E-state index in [0.29, 0.717) is 10.0 Å². The molecule has 0 aliphatic heterocycles. The molecule has 2 atom stereocenters. The van der Waals surface area contributed by atoms with Crippen LogP contribution in [0.3, 0.4) is 0 Å². The zero-order valence-electron chi connectivity index (χ0n) is 14.1. The van der Waals surface area contributed by atoms with Crippen molar-refractivity contribution in [2.45, 2.75) is 24.8 Å². The Hall–Kier alpha value is -1.26. The number of carbonyl (C=O) groups is 1. The molecule has 0 saturated carbocycles. The van der Waals surface area contributed by atoms with Gasteiger partial charge in [-0.25, -0.2) is 0 Å². The molecule has 0 radical (unpaired) electrons. The van der Waals surface area contributed by atoms with Gasteiger partial charge in [0.25, 0.3) is 5.91 Å². The summed E-state index contributed by atoms with van der Waals surface area (Å²) in [4.78, 5) is 12.3. The van der Waals surface area contributed by atoms with Crippen molar-refractivity contribution in [1.29, 1.82) is 0 Å². The van der Waals surface area contributed by atoms with Gasteiger partial charge >= 0.3 is 0 Å². The number of hydrogen-bond acceptors (Lipinski definition) is 2. The van der Waals surface area contributed by atoms with E-state index in [4.69, 9.17) is 23.2 Å². The maximum Gasteiger partial charge on any atom is 0.251 e. The first kappa shape index (κ1) is 20.1. The molecule has 0 unspecified atom stereocenters. The van der Waals surface area contributed by atoms with Crippen molar-refractivity contribution < 1.29 is 4.79 Å². The molecule has 0 saturated heterocycles. The molecule has 6 heteroatoms. The first-order valence-electron chi connectivity index (χ1n) is 8.04. The summed E-state index contributed by atoms with van der Waals surface area (Å²) in [5, 5.41) is 7.21. The fourth-order valence-electron chi connectivity index (χ4n) is 3.61. The molecule has 25 heavy (non-hydrogen) atoms. The summed E-state index contributed by atoms with van der Waals surface area (Å²) in [7, 11) is 3.60. The smallest absolute Gasteiger partial charge is 0.251 e. The zero-order chi connectivity index (χ0) is 17.3. The van der Waals surface area contributed by atoms with Crippen LogP contribution in [0.4, 0.5) is 0 Å². The van der Waals surface area contributed by atoms with E-state index >= 15 is 0 Å². The molecule has 134 valence electrons. The molecule has 0 fully saturated rings. The van der Waals surface area contributed by atoms with E-state index in [1.54, 1.807) is 7.05 Å². The lowest BCUT2D eigenvalue weighted by Gasteiger charge is -2.33. The normalized spacial score (nSPS) is 18.9. The van der Waals surface area contributed by atoms with Gasteiger partial charge in [-0.3, -0.25) is 4.79 Å². The Bertz CT molecular complexity index is 779. The molecule has 3 nitrogen and oxygen atoms in total. The number of nitrogens with one attached hydrogen (secondary N) is 2. The quantitative estimate of drug-likeness (QED) is 0.766. The third-order valence-corrected chi connectivity index (χ3v) is 5.51. The average molecular weight is 400 g/mol. The highest BCUT2D eigenvalue weighted by Crippen LogP contribution is 2.43. The van der Waals surface area contributed by atoms with Crippen LogP contribution in [0.15, 0.2) is 36.4 Å². The van der Waals surface area contributed by atoms with Gasteiger partial charge in [-0.1, -0.05) is 41.4 Å². The summed E-state index contributed by atoms with van der Waals surface area (Å²) in [6, 6.07) is 11.9. The van der Waals surface area contributed by atoms with E-state index in [9.17, 15) is 4.79 Å². The summed E-state index contributed by atoms with van der Waals surface area (Å²) in [6.45, 7) is 0. The van der Waals surface area contributed by atoms with E-state index in [1.807, 2.05) is 37.4 Å². The third-order valence-electron chi connectivity index (χ3n) is 4.77. The monoisotopic (exact) mass is 398 g/mol. The highest BCUT2D eigenvalue weighted by Gasteiger charge is 2.31. The Kier molecular flexibility index (Phi) is 6.75. The Morgan fingerprint density at radius 3 is 2.48 bits per heavy atom. The molecule has 2 N–H and O–H groups in total. The maximum atomic E-state index is 12.3. The van der Waals surface area contributed by atoms with Crippen LogP contribution in [0.25, 0.3) is 0 Å². The third kappa shape index (κ3) is 3.80. The lowest BCUT2D eigenvalue weighted by atomic mass is 9.75. The van der Waals surface area contributed by atoms with Crippen molar-refractivity contribution in [1.82, 2.24) is 10.6 Å². The van der Waals surface area contributed by atoms with E-state index in [0.717, 1.165) is 29.5 Å². The number of benzene rings is 2. The number of fused-ring (bicyclic) bond motifs is 1. The van der Waals surface area contributed by atoms with Crippen molar-refractivity contribution in [2.24, 2.45) is 0 Å². The topological polar surface area (TPSA) is 41.1 Å². The molecule has 2 aromatic carbocycles. The van der Waals surface area contributed by atoms with Gasteiger partial charge in [0, 0.05) is 24.6 Å². The molecular weight excluding hydrogens is 379 g/mol. The van der Waals surface area contributed by atoms with Crippen molar-refractivity contribution >= 4 is 41.5 Å². The predicted molar refractivity (Wildman–Crippen MR) is 106 cm³/mol. The second kappa shape index (κ2) is 8.41. The SMILES string of the molecule is CNC(=O)c1cccc2c1[C@@H](NC)CC[C@H]2c1ccc(Cl)c(Cl)c1.Cl. The molecule has 0 bridgehead atoms. The van der Waals surface area contributed by atoms with Crippen molar-refractivity contribution in [3.63, 3.8) is 0 Å². The highest BCUT2D eigenvalue weighted by molar-refractivity contribution is 6.42. The molecule has 1 aliphatic carbocycles. The first-order chi connectivity index (χ1) is 11.6. The predicted octanol–water partition coefficient (Wildman–Crippen LogP) is 4.96. The number of amides is 1. The number of rotatable bonds is 3. The van der Waals surface area contributed by atoms with Crippen LogP contribution in [-0.2, 0) is 0 Å². The Balaban J connectivity index is 0.00000225. The molecule has 1 amide bonds. The summed E-state index contributed by atoms with van der Waals surface area (Å²) in [5.74, 6) is 0.158. The molecule has 3 rings (SSSR count). The van der Waals surface area contributed by atoms with Gasteiger partial charge in [-0.2, -0.15) is 0 Å². The van der Waals surface area contributed by atoms with Crippen molar-refractivity contribution in [3.8, 4) is 0 Å². The lowest BCUT2D eigenvalue weighted by molar-refractivity contribution is 0.0961. The fraction of sp³-hybridized carbons (Fsp3) is 0.316. The van der Waals surface area contributed by atoms with Gasteiger partial charge < -0.3 is 10.6 Å². The van der Waals surface area contributed by atoms with Crippen LogP contribution in [0, 0.1) is 0 Å². The maximum absolute atomic E-state index is 12.3. The second-order valence-corrected chi connectivity index (χ2v) is 6.85. The zero-order valence-corrected chi connectivity index (χ0v) is 16.4. The highest BCUT2D eigenvalue weighted by atomic mass is 35.5. The molecule has 0 aromatic heterocycles. The Labute approximate surface area is 164 Å². The molecule has 1 aliphatic rings. The van der Waals surface area contributed by atoms with Gasteiger partial charge in [0.1, 0.15) is 0 Å². The summed E-state index contributed by atoms with van der Waals surface area (Å²) in [6.07, 6.45) is 1.95. The number of carbonyl (C=O) groups excluding carboxylic acids is 1. The number of halogens is 3. The minimum Gasteiger partial charge on any atom is -0.355 e. The number of hydrogen-bond donors (Lipinski definition) is 2. The van der Waals surface area contributed by atoms with Crippen molar-refractivity contribution in [2.75, 3.05) is 14.1 Å². The van der Waals surface area contributed by atoms with E-state index in [-0.39, 0.29) is 30.3 Å². The van der Waals surface area contributed by atoms with Crippen LogP contribution in [0.2, 0.25) is 10.0 Å². The molecule has 0 heterocycles. The van der Waals surface area contributed by atoms with E-state index < -0.39 is 0 Å². The summed E-state index contributed by atoms with van der Waals surface area (Å²) >= 11 is 12.3. The van der Waals surface area contributed by atoms with Crippen LogP contribution in [0.1, 0.15) is 51.8 Å². The minimum absolute atomic E-state index is 0. The summed E-state index contributed by atoms with van der Waals surface area (Å²) in [5.41, 5.74) is 4.13. The average Bonchev–Trinajstić information content (AvgIpc) is 2.62. The second-order valence-electron chi connectivity index (χ2n) is 6.03. The van der Waals surface area contributed by atoms with Crippen LogP contribution >= 0.6 is 35.6 Å². The largest absolute Gasteiger partial charge is 0.355 e. The van der Waals surface area contributed by atoms with Gasteiger partial charge in [0.05, 0.1) is 10.0 Å². The molecule has 2 aromatic rings. The lowest BCUT2D eigenvalue weighted by Crippen LogP contribution is -2.29. The Morgan fingerprint density at radius 2 is 1.84 bits per heavy atom. The van der Waals surface area contributed by atoms with Crippen LogP contribution in [0.5, 0.6) is 0 Å². The van der Waals surface area contributed by atoms with Crippen molar-refractivity contribution in [3.05, 3.63) is 68.7 Å². The minimum atomic E-state index is -0.0538. The van der Waals surface area contributed by atoms with Gasteiger partial charge in [0.15, 0.2) is 0 Å². The Morgan fingerprint density at radius 1 is 1.08 bits per heavy atom.